The average molecular weight is 213 g/mol. The SMILES string of the molecule is Nc1ccc2nccc(N3CCCC3)c2c1. The van der Waals surface area contributed by atoms with Gasteiger partial charge < -0.3 is 10.6 Å². The van der Waals surface area contributed by atoms with Crippen LogP contribution in [0.1, 0.15) is 12.8 Å². The van der Waals surface area contributed by atoms with E-state index in [2.05, 4.69) is 16.0 Å². The second-order valence-electron chi connectivity index (χ2n) is 4.30. The van der Waals surface area contributed by atoms with Gasteiger partial charge in [0.1, 0.15) is 0 Å². The first-order chi connectivity index (χ1) is 7.84. The zero-order chi connectivity index (χ0) is 11.0. The van der Waals surface area contributed by atoms with E-state index in [9.17, 15) is 0 Å². The molecule has 0 amide bonds. The maximum absolute atomic E-state index is 5.85. The van der Waals surface area contributed by atoms with E-state index < -0.39 is 0 Å². The summed E-state index contributed by atoms with van der Waals surface area (Å²) in [6.07, 6.45) is 4.45. The van der Waals surface area contributed by atoms with E-state index in [0.717, 1.165) is 24.3 Å². The van der Waals surface area contributed by atoms with Crippen molar-refractivity contribution in [2.24, 2.45) is 0 Å². The minimum absolute atomic E-state index is 0.806. The molecule has 2 heterocycles. The number of aromatic nitrogens is 1. The Morgan fingerprint density at radius 1 is 1.12 bits per heavy atom. The van der Waals surface area contributed by atoms with Gasteiger partial charge in [0.15, 0.2) is 0 Å². The zero-order valence-electron chi connectivity index (χ0n) is 9.19. The summed E-state index contributed by atoms with van der Waals surface area (Å²) in [6.45, 7) is 2.29. The molecule has 1 aromatic heterocycles. The summed E-state index contributed by atoms with van der Waals surface area (Å²) in [5.41, 5.74) is 8.95. The Hall–Kier alpha value is -1.77. The molecule has 16 heavy (non-hydrogen) atoms. The number of benzene rings is 1. The van der Waals surface area contributed by atoms with Crippen molar-refractivity contribution in [3.8, 4) is 0 Å². The van der Waals surface area contributed by atoms with Crippen LogP contribution in [-0.2, 0) is 0 Å². The van der Waals surface area contributed by atoms with Gasteiger partial charge in [-0.1, -0.05) is 0 Å². The van der Waals surface area contributed by atoms with Crippen molar-refractivity contribution >= 4 is 22.3 Å². The van der Waals surface area contributed by atoms with Crippen LogP contribution < -0.4 is 10.6 Å². The van der Waals surface area contributed by atoms with Crippen LogP contribution >= 0.6 is 0 Å². The van der Waals surface area contributed by atoms with E-state index in [1.54, 1.807) is 0 Å². The highest BCUT2D eigenvalue weighted by Crippen LogP contribution is 2.29. The number of anilines is 2. The number of rotatable bonds is 1. The lowest BCUT2D eigenvalue weighted by atomic mass is 10.1. The minimum Gasteiger partial charge on any atom is -0.399 e. The summed E-state index contributed by atoms with van der Waals surface area (Å²) in [4.78, 5) is 6.79. The molecule has 0 aliphatic carbocycles. The third kappa shape index (κ3) is 1.48. The van der Waals surface area contributed by atoms with E-state index in [1.807, 2.05) is 24.4 Å². The highest BCUT2D eigenvalue weighted by Gasteiger charge is 2.14. The number of pyridine rings is 1. The topological polar surface area (TPSA) is 42.1 Å². The van der Waals surface area contributed by atoms with Crippen LogP contribution in [0, 0.1) is 0 Å². The summed E-state index contributed by atoms with van der Waals surface area (Å²) in [7, 11) is 0. The van der Waals surface area contributed by atoms with Crippen molar-refractivity contribution in [3.63, 3.8) is 0 Å². The van der Waals surface area contributed by atoms with E-state index in [-0.39, 0.29) is 0 Å². The number of hydrogen-bond acceptors (Lipinski definition) is 3. The van der Waals surface area contributed by atoms with Gasteiger partial charge in [0.2, 0.25) is 0 Å². The Labute approximate surface area is 94.9 Å². The van der Waals surface area contributed by atoms with Gasteiger partial charge in [-0.25, -0.2) is 0 Å². The zero-order valence-corrected chi connectivity index (χ0v) is 9.19. The molecular formula is C13H15N3. The molecule has 0 spiro atoms. The molecule has 1 aromatic carbocycles. The molecule has 0 saturated carbocycles. The molecule has 1 aliphatic rings. The third-order valence-corrected chi connectivity index (χ3v) is 3.19. The van der Waals surface area contributed by atoms with Crippen LogP contribution in [0.15, 0.2) is 30.5 Å². The fraction of sp³-hybridized carbons (Fsp3) is 0.308. The molecule has 0 unspecified atom stereocenters. The first-order valence-electron chi connectivity index (χ1n) is 5.74. The Kier molecular flexibility index (Phi) is 2.17. The molecule has 0 bridgehead atoms. The van der Waals surface area contributed by atoms with Crippen LogP contribution in [0.4, 0.5) is 11.4 Å². The Balaban J connectivity index is 2.18. The highest BCUT2D eigenvalue weighted by molar-refractivity contribution is 5.93. The lowest BCUT2D eigenvalue weighted by Crippen LogP contribution is -2.17. The Morgan fingerprint density at radius 2 is 1.94 bits per heavy atom. The van der Waals surface area contributed by atoms with Crippen molar-refractivity contribution in [1.82, 2.24) is 4.98 Å². The molecule has 1 fully saturated rings. The van der Waals surface area contributed by atoms with Gasteiger partial charge in [-0.05, 0) is 37.1 Å². The predicted molar refractivity (Wildman–Crippen MR) is 67.6 cm³/mol. The normalized spacial score (nSPS) is 15.9. The first kappa shape index (κ1) is 9.46. The number of nitrogens with zero attached hydrogens (tertiary/aromatic N) is 2. The van der Waals surface area contributed by atoms with Crippen LogP contribution in [0.25, 0.3) is 10.9 Å². The van der Waals surface area contributed by atoms with Crippen LogP contribution in [0.5, 0.6) is 0 Å². The standard InChI is InChI=1S/C13H15N3/c14-10-3-4-12-11(9-10)13(5-6-15-12)16-7-1-2-8-16/h3-6,9H,1-2,7-8,14H2. The summed E-state index contributed by atoms with van der Waals surface area (Å²) in [6, 6.07) is 8.01. The smallest absolute Gasteiger partial charge is 0.0724 e. The summed E-state index contributed by atoms with van der Waals surface area (Å²) >= 11 is 0. The van der Waals surface area contributed by atoms with Gasteiger partial charge in [0, 0.05) is 36.0 Å². The maximum Gasteiger partial charge on any atom is 0.0724 e. The molecule has 2 N–H and O–H groups in total. The van der Waals surface area contributed by atoms with Gasteiger partial charge in [0.25, 0.3) is 0 Å². The van der Waals surface area contributed by atoms with E-state index in [0.29, 0.717) is 0 Å². The number of nitrogens with two attached hydrogens (primary N) is 1. The van der Waals surface area contributed by atoms with Crippen LogP contribution in [0.2, 0.25) is 0 Å². The van der Waals surface area contributed by atoms with Gasteiger partial charge in [0.05, 0.1) is 5.52 Å². The lowest BCUT2D eigenvalue weighted by Gasteiger charge is -2.19. The first-order valence-corrected chi connectivity index (χ1v) is 5.74. The van der Waals surface area contributed by atoms with Crippen molar-refractivity contribution in [1.29, 1.82) is 0 Å². The second kappa shape index (κ2) is 3.67. The molecule has 1 saturated heterocycles. The summed E-state index contributed by atoms with van der Waals surface area (Å²) in [5.74, 6) is 0. The van der Waals surface area contributed by atoms with Crippen molar-refractivity contribution in [3.05, 3.63) is 30.5 Å². The fourth-order valence-electron chi connectivity index (χ4n) is 2.38. The van der Waals surface area contributed by atoms with Crippen LogP contribution in [0.3, 0.4) is 0 Å². The maximum atomic E-state index is 5.85. The lowest BCUT2D eigenvalue weighted by molar-refractivity contribution is 0.949. The second-order valence-corrected chi connectivity index (χ2v) is 4.30. The highest BCUT2D eigenvalue weighted by atomic mass is 15.1. The van der Waals surface area contributed by atoms with E-state index >= 15 is 0 Å². The largest absolute Gasteiger partial charge is 0.399 e. The number of hydrogen-bond donors (Lipinski definition) is 1. The quantitative estimate of drug-likeness (QED) is 0.740. The molecule has 3 nitrogen and oxygen atoms in total. The number of nitrogen functional groups attached to an aromatic ring is 1. The fourth-order valence-corrected chi connectivity index (χ4v) is 2.38. The summed E-state index contributed by atoms with van der Waals surface area (Å²) < 4.78 is 0. The van der Waals surface area contributed by atoms with Crippen molar-refractivity contribution < 1.29 is 0 Å². The van der Waals surface area contributed by atoms with Crippen molar-refractivity contribution in [2.45, 2.75) is 12.8 Å². The predicted octanol–water partition coefficient (Wildman–Crippen LogP) is 2.42. The summed E-state index contributed by atoms with van der Waals surface area (Å²) in [5, 5.41) is 1.17. The third-order valence-electron chi connectivity index (χ3n) is 3.19. The van der Waals surface area contributed by atoms with Gasteiger partial charge in [-0.15, -0.1) is 0 Å². The van der Waals surface area contributed by atoms with E-state index in [4.69, 9.17) is 5.73 Å². The molecule has 1 aliphatic heterocycles. The van der Waals surface area contributed by atoms with Crippen molar-refractivity contribution in [2.75, 3.05) is 23.7 Å². The van der Waals surface area contributed by atoms with E-state index in [1.165, 1.54) is 23.9 Å². The molecule has 0 radical (unpaired) electrons. The number of fused-ring (bicyclic) bond motifs is 1. The minimum atomic E-state index is 0.806. The van der Waals surface area contributed by atoms with Crippen LogP contribution in [-0.4, -0.2) is 18.1 Å². The molecular weight excluding hydrogens is 198 g/mol. The molecule has 2 aromatic rings. The molecule has 3 rings (SSSR count). The Morgan fingerprint density at radius 3 is 2.75 bits per heavy atom. The average Bonchev–Trinajstić information content (AvgIpc) is 2.81. The van der Waals surface area contributed by atoms with Gasteiger partial charge >= 0.3 is 0 Å². The Bertz CT molecular complexity index is 516. The van der Waals surface area contributed by atoms with Gasteiger partial charge in [-0.3, -0.25) is 4.98 Å². The molecule has 3 heteroatoms. The molecule has 0 atom stereocenters. The molecule has 82 valence electrons. The monoisotopic (exact) mass is 213 g/mol. The van der Waals surface area contributed by atoms with Gasteiger partial charge in [-0.2, -0.15) is 0 Å².